The van der Waals surface area contributed by atoms with Gasteiger partial charge in [-0.05, 0) is 64.8 Å². The fourth-order valence-corrected chi connectivity index (χ4v) is 6.95. The van der Waals surface area contributed by atoms with E-state index < -0.39 is 64.7 Å². The number of nitrogens with zero attached hydrogens (tertiary/aromatic N) is 4. The van der Waals surface area contributed by atoms with E-state index in [4.69, 9.17) is 0 Å². The first kappa shape index (κ1) is 40.8. The predicted molar refractivity (Wildman–Crippen MR) is 195 cm³/mol. The number of carbonyl (C=O) groups excluding carboxylic acids is 4. The maximum absolute atomic E-state index is 14.7. The van der Waals surface area contributed by atoms with Gasteiger partial charge in [0.15, 0.2) is 0 Å². The summed E-state index contributed by atoms with van der Waals surface area (Å²) in [5.74, 6) is -3.80. The number of rotatable bonds is 16. The van der Waals surface area contributed by atoms with E-state index in [1.54, 1.807) is 19.9 Å². The predicted octanol–water partition coefficient (Wildman–Crippen LogP) is 4.17. The van der Waals surface area contributed by atoms with Crippen LogP contribution >= 0.6 is 0 Å². The van der Waals surface area contributed by atoms with Crippen LogP contribution in [-0.2, 0) is 51.2 Å². The van der Waals surface area contributed by atoms with E-state index in [0.717, 1.165) is 6.07 Å². The Labute approximate surface area is 315 Å². The van der Waals surface area contributed by atoms with Crippen LogP contribution in [0.25, 0.3) is 10.9 Å². The number of H-pyrrole nitrogens is 1. The molecule has 2 heterocycles. The molecule has 5 atom stereocenters. The van der Waals surface area contributed by atoms with Crippen LogP contribution in [0.15, 0.2) is 48.8 Å². The van der Waals surface area contributed by atoms with Gasteiger partial charge in [-0.3, -0.25) is 19.2 Å². The van der Waals surface area contributed by atoms with Crippen LogP contribution in [0.5, 0.6) is 0 Å². The van der Waals surface area contributed by atoms with E-state index in [1.807, 2.05) is 13.8 Å². The average molecular weight is 770 g/mol. The molecular formula is C38H47F4N9O4. The summed E-state index contributed by atoms with van der Waals surface area (Å²) < 4.78 is 58.1. The van der Waals surface area contributed by atoms with Gasteiger partial charge in [0.05, 0.1) is 17.5 Å². The summed E-state index contributed by atoms with van der Waals surface area (Å²) in [4.78, 5) is 58.7. The third-order valence-electron chi connectivity index (χ3n) is 10.6. The Morgan fingerprint density at radius 2 is 1.67 bits per heavy atom. The maximum atomic E-state index is 14.7. The molecule has 0 bridgehead atoms. The first-order chi connectivity index (χ1) is 26.2. The molecule has 1 aliphatic rings. The fraction of sp³-hybridized carbons (Fsp3) is 0.500. The van der Waals surface area contributed by atoms with Gasteiger partial charge in [0.25, 0.3) is 0 Å². The number of amides is 4. The lowest BCUT2D eigenvalue weighted by molar-refractivity contribution is -0.139. The summed E-state index contributed by atoms with van der Waals surface area (Å²) in [6.45, 7) is 7.95. The lowest BCUT2D eigenvalue weighted by Gasteiger charge is -2.39. The molecule has 296 valence electrons. The molecule has 4 aromatic rings. The van der Waals surface area contributed by atoms with Crippen LogP contribution in [0, 0.1) is 17.7 Å². The number of carbonyl (C=O) groups is 4. The Balaban J connectivity index is 1.45. The van der Waals surface area contributed by atoms with Crippen LogP contribution in [0.4, 0.5) is 17.6 Å². The van der Waals surface area contributed by atoms with Crippen LogP contribution in [0.2, 0.25) is 0 Å². The number of aromatic amines is 1. The third kappa shape index (κ3) is 9.49. The SMILES string of the molecule is CCC(C)[C@H](NC(=O)Cc1ccccc1F)C(=O)N[C@]1(C(=O)N[C@H](C(=O)NCCCn2cnnn2)C(C)CC)CCc2[nH]c3c(C(F)(F)F)cccc3c2C1. The number of aryl methyl sites for hydroxylation is 2. The fourth-order valence-electron chi connectivity index (χ4n) is 6.95. The minimum atomic E-state index is -4.65. The van der Waals surface area contributed by atoms with Crippen molar-refractivity contribution in [1.82, 2.24) is 46.5 Å². The molecule has 55 heavy (non-hydrogen) atoms. The number of aromatic nitrogens is 5. The van der Waals surface area contributed by atoms with Crippen molar-refractivity contribution < 1.29 is 36.7 Å². The molecule has 2 aromatic heterocycles. The van der Waals surface area contributed by atoms with Crippen LogP contribution in [0.1, 0.15) is 75.8 Å². The molecule has 0 aliphatic heterocycles. The van der Waals surface area contributed by atoms with Gasteiger partial charge in [-0.2, -0.15) is 13.2 Å². The van der Waals surface area contributed by atoms with Crippen molar-refractivity contribution in [3.8, 4) is 0 Å². The second-order valence-corrected chi connectivity index (χ2v) is 14.3. The quantitative estimate of drug-likeness (QED) is 0.0840. The number of halogens is 4. The molecule has 0 saturated heterocycles. The van der Waals surface area contributed by atoms with Crippen LogP contribution < -0.4 is 21.3 Å². The van der Waals surface area contributed by atoms with E-state index in [2.05, 4.69) is 41.8 Å². The van der Waals surface area contributed by atoms with Crippen molar-refractivity contribution >= 4 is 34.5 Å². The largest absolute Gasteiger partial charge is 0.418 e. The van der Waals surface area contributed by atoms with Crippen LogP contribution in [0.3, 0.4) is 0 Å². The highest BCUT2D eigenvalue weighted by Crippen LogP contribution is 2.40. The lowest BCUT2D eigenvalue weighted by atomic mass is 9.78. The molecule has 2 unspecified atom stereocenters. The van der Waals surface area contributed by atoms with Crippen molar-refractivity contribution in [2.24, 2.45) is 11.8 Å². The van der Waals surface area contributed by atoms with Crippen molar-refractivity contribution in [3.05, 3.63) is 77.0 Å². The number of nitrogens with one attached hydrogen (secondary N) is 5. The summed E-state index contributed by atoms with van der Waals surface area (Å²) in [6.07, 6.45) is -2.19. The Kier molecular flexibility index (Phi) is 12.9. The molecule has 1 aliphatic carbocycles. The van der Waals surface area contributed by atoms with Crippen molar-refractivity contribution in [3.63, 3.8) is 0 Å². The number of fused-ring (bicyclic) bond motifs is 3. The molecule has 0 saturated carbocycles. The number of para-hydroxylation sites is 1. The minimum absolute atomic E-state index is 0.0249. The zero-order valence-corrected chi connectivity index (χ0v) is 31.2. The molecular weight excluding hydrogens is 722 g/mol. The van der Waals surface area contributed by atoms with Crippen molar-refractivity contribution in [2.75, 3.05) is 6.54 Å². The lowest BCUT2D eigenvalue weighted by Crippen LogP contribution is -2.67. The second-order valence-electron chi connectivity index (χ2n) is 14.3. The maximum Gasteiger partial charge on any atom is 0.418 e. The van der Waals surface area contributed by atoms with Gasteiger partial charge < -0.3 is 26.3 Å². The highest BCUT2D eigenvalue weighted by molar-refractivity contribution is 5.98. The Morgan fingerprint density at radius 3 is 2.33 bits per heavy atom. The highest BCUT2D eigenvalue weighted by atomic mass is 19.4. The third-order valence-corrected chi connectivity index (χ3v) is 10.6. The van der Waals surface area contributed by atoms with Gasteiger partial charge in [-0.1, -0.05) is 70.9 Å². The Bertz CT molecular complexity index is 1980. The molecule has 17 heteroatoms. The second kappa shape index (κ2) is 17.4. The number of tetrazole rings is 1. The van der Waals surface area contributed by atoms with Gasteiger partial charge >= 0.3 is 6.18 Å². The average Bonchev–Trinajstić information content (AvgIpc) is 3.82. The zero-order chi connectivity index (χ0) is 39.9. The highest BCUT2D eigenvalue weighted by Gasteiger charge is 2.47. The number of hydrogen-bond acceptors (Lipinski definition) is 7. The molecule has 5 N–H and O–H groups in total. The molecule has 0 spiro atoms. The monoisotopic (exact) mass is 769 g/mol. The summed E-state index contributed by atoms with van der Waals surface area (Å²) >= 11 is 0. The van der Waals surface area contributed by atoms with Crippen molar-refractivity contribution in [2.45, 2.75) is 103 Å². The first-order valence-electron chi connectivity index (χ1n) is 18.5. The number of alkyl halides is 3. The molecule has 0 fully saturated rings. The smallest absolute Gasteiger partial charge is 0.358 e. The first-order valence-corrected chi connectivity index (χ1v) is 18.5. The van der Waals surface area contributed by atoms with E-state index in [1.165, 1.54) is 41.3 Å². The van der Waals surface area contributed by atoms with E-state index in [-0.39, 0.29) is 54.6 Å². The van der Waals surface area contributed by atoms with Crippen LogP contribution in [-0.4, -0.2) is 73.0 Å². The van der Waals surface area contributed by atoms with Gasteiger partial charge in [0, 0.05) is 30.6 Å². The number of hydrogen-bond donors (Lipinski definition) is 5. The summed E-state index contributed by atoms with van der Waals surface area (Å²) in [5.41, 5.74) is -1.65. The normalized spacial score (nSPS) is 17.7. The summed E-state index contributed by atoms with van der Waals surface area (Å²) in [6, 6.07) is 7.42. The van der Waals surface area contributed by atoms with Gasteiger partial charge in [-0.15, -0.1) is 5.10 Å². The molecule has 4 amide bonds. The molecule has 5 rings (SSSR count). The summed E-state index contributed by atoms with van der Waals surface area (Å²) in [7, 11) is 0. The number of benzene rings is 2. The van der Waals surface area contributed by atoms with Gasteiger partial charge in [0.1, 0.15) is 29.8 Å². The summed E-state index contributed by atoms with van der Waals surface area (Å²) in [5, 5.41) is 22.6. The molecule has 13 nitrogen and oxygen atoms in total. The zero-order valence-electron chi connectivity index (χ0n) is 31.2. The Morgan fingerprint density at radius 1 is 0.964 bits per heavy atom. The molecule has 2 aromatic carbocycles. The Hall–Kier alpha value is -5.35. The van der Waals surface area contributed by atoms with Gasteiger partial charge in [-0.25, -0.2) is 9.07 Å². The topological polar surface area (TPSA) is 176 Å². The molecule has 0 radical (unpaired) electrons. The van der Waals surface area contributed by atoms with E-state index in [9.17, 15) is 36.7 Å². The standard InChI is InChI=1S/C38H47F4N9O4/c1-5-22(3)31(34(53)43-17-10-18-51-21-44-49-50-51)47-36(55)37(16-15-29-26(20-37)25-12-9-13-27(33(25)45-29)38(40,41)42)48-35(54)32(23(4)6-2)46-30(52)19-24-11-7-8-14-28(24)39/h7-9,11-14,21-23,31-32,45H,5-6,10,15-20H2,1-4H3,(H,43,53)(H,46,52)(H,47,55)(H,48,54)/t22?,23?,31-,32-,37+/m0/s1. The van der Waals surface area contributed by atoms with Crippen molar-refractivity contribution in [1.29, 1.82) is 0 Å². The minimum Gasteiger partial charge on any atom is -0.358 e. The van der Waals surface area contributed by atoms with E-state index in [0.29, 0.717) is 37.1 Å². The van der Waals surface area contributed by atoms with E-state index >= 15 is 0 Å². The van der Waals surface area contributed by atoms with Gasteiger partial charge in [0.2, 0.25) is 23.6 Å².